The first-order valence-electron chi connectivity index (χ1n) is 6.51. The Morgan fingerprint density at radius 3 is 2.26 bits per heavy atom. The smallest absolute Gasteiger partial charge is 0.294 e. The minimum atomic E-state index is -0.144. The quantitative estimate of drug-likeness (QED) is 0.901. The summed E-state index contributed by atoms with van der Waals surface area (Å²) < 4.78 is 3.61. The molecule has 19 heavy (non-hydrogen) atoms. The molecular weight excluding hydrogens is 238 g/mol. The molecule has 1 heterocycles. The summed E-state index contributed by atoms with van der Waals surface area (Å²) in [5.74, 6) is 0. The van der Waals surface area contributed by atoms with E-state index in [4.69, 9.17) is 5.73 Å². The summed E-state index contributed by atoms with van der Waals surface area (Å²) >= 11 is 0. The Bertz CT molecular complexity index is 677. The van der Waals surface area contributed by atoms with Crippen molar-refractivity contribution in [2.45, 2.75) is 40.7 Å². The maximum Gasteiger partial charge on any atom is 0.294 e. The van der Waals surface area contributed by atoms with Crippen LogP contribution in [0.4, 0.5) is 5.69 Å². The Morgan fingerprint density at radius 2 is 1.74 bits per heavy atom. The average Bonchev–Trinajstić information content (AvgIpc) is 2.57. The molecule has 0 aliphatic rings. The van der Waals surface area contributed by atoms with E-state index in [-0.39, 0.29) is 11.6 Å². The number of anilines is 1. The molecule has 2 rings (SSSR count). The lowest BCUT2D eigenvalue weighted by Gasteiger charge is -2.17. The lowest BCUT2D eigenvalue weighted by Crippen LogP contribution is -2.23. The molecule has 0 unspecified atom stereocenters. The minimum Gasteiger partial charge on any atom is -0.393 e. The van der Waals surface area contributed by atoms with Gasteiger partial charge in [0.1, 0.15) is 5.69 Å². The van der Waals surface area contributed by atoms with Gasteiger partial charge in [-0.15, -0.1) is 0 Å². The highest BCUT2D eigenvalue weighted by molar-refractivity contribution is 5.46. The Morgan fingerprint density at radius 1 is 1.11 bits per heavy atom. The molecule has 4 heteroatoms. The summed E-state index contributed by atoms with van der Waals surface area (Å²) in [5, 5.41) is 0. The fraction of sp³-hybridized carbons (Fsp3) is 0.400. The lowest BCUT2D eigenvalue weighted by molar-refractivity contribution is 0.466. The van der Waals surface area contributed by atoms with Crippen molar-refractivity contribution in [1.29, 1.82) is 0 Å². The monoisotopic (exact) mass is 259 g/mol. The molecule has 0 fully saturated rings. The predicted molar refractivity (Wildman–Crippen MR) is 79.0 cm³/mol. The van der Waals surface area contributed by atoms with E-state index >= 15 is 0 Å². The fourth-order valence-electron chi connectivity index (χ4n) is 2.36. The maximum absolute atomic E-state index is 12.3. The number of nitrogens with zero attached hydrogens (tertiary/aromatic N) is 2. The number of benzene rings is 1. The molecular formula is C15H21N3O. The minimum absolute atomic E-state index is 0.144. The zero-order chi connectivity index (χ0) is 14.3. The molecule has 0 amide bonds. The van der Waals surface area contributed by atoms with Crippen molar-refractivity contribution in [2.75, 3.05) is 5.73 Å². The van der Waals surface area contributed by atoms with Crippen LogP contribution < -0.4 is 11.3 Å². The van der Waals surface area contributed by atoms with Gasteiger partial charge in [-0.25, -0.2) is 4.68 Å². The van der Waals surface area contributed by atoms with Crippen molar-refractivity contribution in [3.8, 4) is 5.69 Å². The van der Waals surface area contributed by atoms with Crippen LogP contribution in [-0.2, 0) is 0 Å². The van der Waals surface area contributed by atoms with Gasteiger partial charge in [-0.1, -0.05) is 6.07 Å². The van der Waals surface area contributed by atoms with Crippen LogP contribution >= 0.6 is 0 Å². The lowest BCUT2D eigenvalue weighted by atomic mass is 10.1. The SMILES string of the molecule is Cc1ccc(-n2c(=O)c(N)c(C)n2C(C)C)cc1C. The van der Waals surface area contributed by atoms with Gasteiger partial charge in [-0.05, 0) is 57.9 Å². The highest BCUT2D eigenvalue weighted by Gasteiger charge is 2.17. The first kappa shape index (κ1) is 13.5. The summed E-state index contributed by atoms with van der Waals surface area (Å²) in [6.07, 6.45) is 0. The third kappa shape index (κ3) is 2.07. The van der Waals surface area contributed by atoms with E-state index in [1.807, 2.05) is 50.6 Å². The number of hydrogen-bond donors (Lipinski definition) is 1. The number of aromatic nitrogens is 2. The van der Waals surface area contributed by atoms with E-state index in [1.165, 1.54) is 5.56 Å². The van der Waals surface area contributed by atoms with E-state index in [1.54, 1.807) is 4.68 Å². The number of aryl methyl sites for hydroxylation is 2. The Hall–Kier alpha value is -1.97. The van der Waals surface area contributed by atoms with Crippen molar-refractivity contribution in [2.24, 2.45) is 0 Å². The first-order valence-corrected chi connectivity index (χ1v) is 6.51. The molecule has 0 saturated heterocycles. The molecule has 0 saturated carbocycles. The summed E-state index contributed by atoms with van der Waals surface area (Å²) in [6.45, 7) is 10.1. The number of nitrogens with two attached hydrogens (primary N) is 1. The van der Waals surface area contributed by atoms with E-state index < -0.39 is 0 Å². The van der Waals surface area contributed by atoms with Gasteiger partial charge in [0.15, 0.2) is 0 Å². The number of hydrogen-bond acceptors (Lipinski definition) is 2. The van der Waals surface area contributed by atoms with Crippen LogP contribution in [-0.4, -0.2) is 9.36 Å². The van der Waals surface area contributed by atoms with Gasteiger partial charge in [0.25, 0.3) is 5.56 Å². The Kier molecular flexibility index (Phi) is 3.27. The molecule has 2 N–H and O–H groups in total. The number of nitrogen functional groups attached to an aromatic ring is 1. The van der Waals surface area contributed by atoms with E-state index in [0.29, 0.717) is 5.69 Å². The second kappa shape index (κ2) is 4.61. The maximum atomic E-state index is 12.3. The van der Waals surface area contributed by atoms with Crippen molar-refractivity contribution < 1.29 is 0 Å². The third-order valence-corrected chi connectivity index (χ3v) is 3.60. The van der Waals surface area contributed by atoms with E-state index in [0.717, 1.165) is 16.9 Å². The molecule has 102 valence electrons. The molecule has 0 radical (unpaired) electrons. The average molecular weight is 259 g/mol. The predicted octanol–water partition coefficient (Wildman–Crippen LogP) is 2.73. The molecule has 1 aromatic carbocycles. The summed E-state index contributed by atoms with van der Waals surface area (Å²) in [6, 6.07) is 6.18. The van der Waals surface area contributed by atoms with Gasteiger partial charge in [-0.3, -0.25) is 9.48 Å². The second-order valence-corrected chi connectivity index (χ2v) is 5.32. The second-order valence-electron chi connectivity index (χ2n) is 5.32. The van der Waals surface area contributed by atoms with Crippen LogP contribution in [0.5, 0.6) is 0 Å². The van der Waals surface area contributed by atoms with Crippen molar-refractivity contribution in [3.63, 3.8) is 0 Å². The molecule has 1 aromatic heterocycles. The van der Waals surface area contributed by atoms with Gasteiger partial charge in [0, 0.05) is 6.04 Å². The molecule has 4 nitrogen and oxygen atoms in total. The largest absolute Gasteiger partial charge is 0.393 e. The van der Waals surface area contributed by atoms with Crippen LogP contribution in [0, 0.1) is 20.8 Å². The molecule has 0 bridgehead atoms. The zero-order valence-electron chi connectivity index (χ0n) is 12.2. The number of rotatable bonds is 2. The zero-order valence-corrected chi connectivity index (χ0v) is 12.2. The summed E-state index contributed by atoms with van der Waals surface area (Å²) in [4.78, 5) is 12.3. The normalized spacial score (nSPS) is 11.3. The van der Waals surface area contributed by atoms with Crippen LogP contribution in [0.2, 0.25) is 0 Å². The van der Waals surface area contributed by atoms with Crippen LogP contribution in [0.15, 0.2) is 23.0 Å². The van der Waals surface area contributed by atoms with Crippen LogP contribution in [0.1, 0.15) is 36.7 Å². The summed E-state index contributed by atoms with van der Waals surface area (Å²) in [7, 11) is 0. The standard InChI is InChI=1S/C15H21N3O/c1-9(2)17-12(5)14(16)15(19)18(17)13-7-6-10(3)11(4)8-13/h6-9H,16H2,1-5H3. The van der Waals surface area contributed by atoms with Crippen LogP contribution in [0.3, 0.4) is 0 Å². The van der Waals surface area contributed by atoms with Crippen LogP contribution in [0.25, 0.3) is 5.69 Å². The van der Waals surface area contributed by atoms with Gasteiger partial charge in [0.2, 0.25) is 0 Å². The summed E-state index contributed by atoms with van der Waals surface area (Å²) in [5.41, 5.74) is 10.1. The van der Waals surface area contributed by atoms with Gasteiger partial charge in [-0.2, -0.15) is 0 Å². The van der Waals surface area contributed by atoms with E-state index in [9.17, 15) is 4.79 Å². The first-order chi connectivity index (χ1) is 8.84. The highest BCUT2D eigenvalue weighted by Crippen LogP contribution is 2.19. The van der Waals surface area contributed by atoms with Gasteiger partial charge >= 0.3 is 0 Å². The Balaban J connectivity index is 2.78. The third-order valence-electron chi connectivity index (χ3n) is 3.60. The fourth-order valence-corrected chi connectivity index (χ4v) is 2.36. The van der Waals surface area contributed by atoms with Gasteiger partial charge in [0.05, 0.1) is 11.4 Å². The Labute approximate surface area is 113 Å². The van der Waals surface area contributed by atoms with Crippen molar-refractivity contribution in [3.05, 3.63) is 45.4 Å². The van der Waals surface area contributed by atoms with Crippen molar-refractivity contribution in [1.82, 2.24) is 9.36 Å². The van der Waals surface area contributed by atoms with E-state index in [2.05, 4.69) is 6.92 Å². The highest BCUT2D eigenvalue weighted by atomic mass is 16.1. The van der Waals surface area contributed by atoms with Crippen molar-refractivity contribution >= 4 is 5.69 Å². The molecule has 0 atom stereocenters. The van der Waals surface area contributed by atoms with Gasteiger partial charge < -0.3 is 5.73 Å². The topological polar surface area (TPSA) is 52.9 Å². The molecule has 0 aliphatic heterocycles. The molecule has 2 aromatic rings. The molecule has 0 aliphatic carbocycles. The molecule has 0 spiro atoms.